The third kappa shape index (κ3) is 4.15. The van der Waals surface area contributed by atoms with Crippen LogP contribution in [0.1, 0.15) is 24.5 Å². The van der Waals surface area contributed by atoms with Crippen molar-refractivity contribution in [3.8, 4) is 5.95 Å². The second-order valence-corrected chi connectivity index (χ2v) is 4.24. The van der Waals surface area contributed by atoms with Crippen molar-refractivity contribution in [1.82, 2.24) is 25.1 Å². The minimum atomic E-state index is 0. The van der Waals surface area contributed by atoms with Crippen molar-refractivity contribution in [3.05, 3.63) is 36.4 Å². The molecular formula is C12H16BrCl2N5. The van der Waals surface area contributed by atoms with E-state index in [-0.39, 0.29) is 12.4 Å². The van der Waals surface area contributed by atoms with Crippen LogP contribution >= 0.6 is 37.5 Å². The maximum Gasteiger partial charge on any atom is 0.250 e. The molecule has 20 heavy (non-hydrogen) atoms. The van der Waals surface area contributed by atoms with E-state index in [1.807, 2.05) is 16.9 Å². The van der Waals surface area contributed by atoms with Gasteiger partial charge in [0.1, 0.15) is 0 Å². The van der Waals surface area contributed by atoms with Crippen LogP contribution in [0.2, 0.25) is 0 Å². The number of rotatable bonds is 2. The fourth-order valence-electron chi connectivity index (χ4n) is 2.31. The third-order valence-corrected chi connectivity index (χ3v) is 3.17. The molecule has 0 unspecified atom stereocenters. The molecule has 0 spiro atoms. The fourth-order valence-corrected chi connectivity index (χ4v) is 2.31. The average molecular weight is 381 g/mol. The van der Waals surface area contributed by atoms with E-state index < -0.39 is 0 Å². The molecule has 1 saturated heterocycles. The van der Waals surface area contributed by atoms with Crippen LogP contribution in [0.25, 0.3) is 5.95 Å². The topological polar surface area (TPSA) is 55.6 Å². The predicted molar refractivity (Wildman–Crippen MR) is 86.0 cm³/mol. The Hall–Kier alpha value is -0.690. The van der Waals surface area contributed by atoms with Crippen molar-refractivity contribution in [3.63, 3.8) is 0 Å². The van der Waals surface area contributed by atoms with Crippen LogP contribution in [0.3, 0.4) is 0 Å². The minimum absolute atomic E-state index is 0. The Balaban J connectivity index is 0.000000639. The van der Waals surface area contributed by atoms with Crippen molar-refractivity contribution in [1.29, 1.82) is 0 Å². The van der Waals surface area contributed by atoms with E-state index in [1.54, 1.807) is 12.4 Å². The molecule has 0 atom stereocenters. The van der Waals surface area contributed by atoms with Gasteiger partial charge in [0, 0.05) is 39.5 Å². The lowest BCUT2D eigenvalue weighted by atomic mass is 9.95. The minimum Gasteiger partial charge on any atom is -0.317 e. The van der Waals surface area contributed by atoms with Crippen molar-refractivity contribution in [2.75, 3.05) is 13.1 Å². The van der Waals surface area contributed by atoms with Crippen molar-refractivity contribution in [2.45, 2.75) is 18.8 Å². The second kappa shape index (κ2) is 9.28. The lowest BCUT2D eigenvalue weighted by Crippen LogP contribution is -2.27. The molecule has 1 N–H and O–H groups in total. The average Bonchev–Trinajstić information content (AvgIpc) is 3.01. The molecule has 0 amide bonds. The number of halogens is 3. The Labute approximate surface area is 136 Å². The van der Waals surface area contributed by atoms with Crippen molar-refractivity contribution in [2.24, 2.45) is 0 Å². The zero-order chi connectivity index (χ0) is 13.5. The zero-order valence-corrected chi connectivity index (χ0v) is 13.9. The first kappa shape index (κ1) is 17.4. The number of nitrogens with one attached hydrogen (secondary N) is 1. The SMILES string of the molecule is Cl.ClBr.c1cnc(-n2nccc2C2CCNCC2)nc1. The van der Waals surface area contributed by atoms with Gasteiger partial charge >= 0.3 is 0 Å². The Morgan fingerprint density at radius 3 is 2.45 bits per heavy atom. The standard InChI is InChI=1S/C12H15N5.BrCl.ClH/c1-5-14-12(15-6-1)17-11(4-9-16-17)10-2-7-13-8-3-10;1-2;/h1,4-6,9-10,13H,2-3,7-8H2;;1H. The third-order valence-electron chi connectivity index (χ3n) is 3.17. The van der Waals surface area contributed by atoms with Gasteiger partial charge in [-0.25, -0.2) is 14.6 Å². The van der Waals surface area contributed by atoms with Gasteiger partial charge in [-0.3, -0.25) is 0 Å². The summed E-state index contributed by atoms with van der Waals surface area (Å²) < 4.78 is 1.86. The van der Waals surface area contributed by atoms with Gasteiger partial charge in [-0.2, -0.15) is 5.10 Å². The van der Waals surface area contributed by atoms with Crippen LogP contribution in [0, 0.1) is 0 Å². The fraction of sp³-hybridized carbons (Fsp3) is 0.417. The molecule has 0 aromatic carbocycles. The Morgan fingerprint density at radius 2 is 1.80 bits per heavy atom. The Kier molecular flexibility index (Phi) is 8.06. The maximum absolute atomic E-state index is 4.45. The van der Waals surface area contributed by atoms with E-state index in [0.717, 1.165) is 25.9 Å². The second-order valence-electron chi connectivity index (χ2n) is 4.24. The molecule has 3 heterocycles. The van der Waals surface area contributed by atoms with Gasteiger partial charge in [-0.15, -0.1) is 12.4 Å². The molecule has 8 heteroatoms. The predicted octanol–water partition coefficient (Wildman–Crippen LogP) is 3.09. The number of hydrogen-bond donors (Lipinski definition) is 1. The first-order valence-electron chi connectivity index (χ1n) is 6.11. The van der Waals surface area contributed by atoms with Gasteiger partial charge in [0.25, 0.3) is 5.95 Å². The molecule has 0 radical (unpaired) electrons. The van der Waals surface area contributed by atoms with Crippen LogP contribution in [0.15, 0.2) is 30.7 Å². The Morgan fingerprint density at radius 1 is 1.15 bits per heavy atom. The summed E-state index contributed by atoms with van der Waals surface area (Å²) in [4.78, 5) is 8.50. The number of nitrogens with zero attached hydrogens (tertiary/aromatic N) is 4. The monoisotopic (exact) mass is 379 g/mol. The van der Waals surface area contributed by atoms with E-state index >= 15 is 0 Å². The van der Waals surface area contributed by atoms with Crippen LogP contribution in [0.5, 0.6) is 0 Å². The molecule has 0 saturated carbocycles. The normalized spacial score (nSPS) is 14.9. The highest BCUT2D eigenvalue weighted by Gasteiger charge is 2.20. The lowest BCUT2D eigenvalue weighted by Gasteiger charge is -2.22. The molecule has 5 nitrogen and oxygen atoms in total. The molecule has 1 aliphatic heterocycles. The first-order valence-corrected chi connectivity index (χ1v) is 8.20. The van der Waals surface area contributed by atoms with Gasteiger partial charge in [0.2, 0.25) is 0 Å². The smallest absolute Gasteiger partial charge is 0.250 e. The molecule has 110 valence electrons. The molecular weight excluding hydrogens is 365 g/mol. The molecule has 0 aliphatic carbocycles. The number of aromatic nitrogens is 4. The molecule has 1 aliphatic rings. The van der Waals surface area contributed by atoms with E-state index in [4.69, 9.17) is 0 Å². The van der Waals surface area contributed by atoms with Crippen molar-refractivity contribution >= 4 is 37.5 Å². The highest BCUT2D eigenvalue weighted by atomic mass is 79.9. The summed E-state index contributed by atoms with van der Waals surface area (Å²) in [5.74, 6) is 1.22. The van der Waals surface area contributed by atoms with Crippen LogP contribution in [-0.4, -0.2) is 32.8 Å². The van der Waals surface area contributed by atoms with E-state index in [9.17, 15) is 0 Å². The summed E-state index contributed by atoms with van der Waals surface area (Å²) in [6, 6.07) is 3.89. The van der Waals surface area contributed by atoms with Crippen LogP contribution in [0.4, 0.5) is 0 Å². The van der Waals surface area contributed by atoms with Gasteiger partial charge in [-0.1, -0.05) is 0 Å². The van der Waals surface area contributed by atoms with Crippen LogP contribution < -0.4 is 5.32 Å². The summed E-state index contributed by atoms with van der Waals surface area (Å²) in [6.07, 6.45) is 7.62. The number of piperidine rings is 1. The first-order chi connectivity index (χ1) is 9.45. The molecule has 2 aromatic rings. The van der Waals surface area contributed by atoms with Crippen LogP contribution in [-0.2, 0) is 0 Å². The molecule has 1 fully saturated rings. The zero-order valence-electron chi connectivity index (χ0n) is 10.7. The largest absolute Gasteiger partial charge is 0.317 e. The van der Waals surface area contributed by atoms with E-state index in [0.29, 0.717) is 11.9 Å². The summed E-state index contributed by atoms with van der Waals surface area (Å²) >= 11 is 2.41. The molecule has 3 rings (SSSR count). The van der Waals surface area contributed by atoms with Gasteiger partial charge < -0.3 is 5.32 Å². The molecule has 0 bridgehead atoms. The summed E-state index contributed by atoms with van der Waals surface area (Å²) in [5.41, 5.74) is 1.22. The quantitative estimate of drug-likeness (QED) is 0.869. The number of hydrogen-bond acceptors (Lipinski definition) is 4. The highest BCUT2D eigenvalue weighted by Crippen LogP contribution is 2.25. The maximum atomic E-state index is 4.45. The van der Waals surface area contributed by atoms with Gasteiger partial charge in [0.05, 0.1) is 5.69 Å². The lowest BCUT2D eigenvalue weighted by molar-refractivity contribution is 0.444. The summed E-state index contributed by atoms with van der Waals surface area (Å²) in [6.45, 7) is 2.15. The Bertz CT molecular complexity index is 488. The highest BCUT2D eigenvalue weighted by molar-refractivity contribution is 9.22. The summed E-state index contributed by atoms with van der Waals surface area (Å²) in [5, 5.41) is 7.71. The van der Waals surface area contributed by atoms with Crippen molar-refractivity contribution < 1.29 is 0 Å². The summed E-state index contributed by atoms with van der Waals surface area (Å²) in [7, 11) is 4.45. The van der Waals surface area contributed by atoms with Gasteiger partial charge in [0.15, 0.2) is 0 Å². The molecule has 2 aromatic heterocycles. The van der Waals surface area contributed by atoms with E-state index in [1.165, 1.54) is 5.69 Å². The van der Waals surface area contributed by atoms with E-state index in [2.05, 4.69) is 51.6 Å². The van der Waals surface area contributed by atoms with Gasteiger partial charge in [-0.05, 0) is 48.2 Å².